The maximum absolute atomic E-state index is 13.0. The van der Waals surface area contributed by atoms with E-state index in [-0.39, 0.29) is 18.0 Å². The topological polar surface area (TPSA) is 55.8 Å². The van der Waals surface area contributed by atoms with Gasteiger partial charge in [-0.1, -0.05) is 61.5 Å². The smallest absolute Gasteiger partial charge is 0.411 e. The number of carbonyl (C=O) groups is 2. The van der Waals surface area contributed by atoms with E-state index < -0.39 is 11.6 Å². The number of rotatable bonds is 3. The summed E-state index contributed by atoms with van der Waals surface area (Å²) in [4.78, 5) is 27.4. The van der Waals surface area contributed by atoms with Crippen LogP contribution in [0.3, 0.4) is 0 Å². The molecule has 0 aromatic heterocycles. The Morgan fingerprint density at radius 3 is 2.52 bits per heavy atom. The number of esters is 1. The molecule has 140 valence electrons. The van der Waals surface area contributed by atoms with E-state index in [0.717, 1.165) is 11.1 Å². The Bertz CT molecular complexity index is 881. The van der Waals surface area contributed by atoms with Gasteiger partial charge in [-0.3, -0.25) is 4.90 Å². The number of hydrogen-bond acceptors (Lipinski definition) is 4. The average Bonchev–Trinajstić information content (AvgIpc) is 2.95. The summed E-state index contributed by atoms with van der Waals surface area (Å²) in [5.41, 5.74) is 1.90. The van der Waals surface area contributed by atoms with Crippen LogP contribution in [0.15, 0.2) is 54.6 Å². The van der Waals surface area contributed by atoms with Crippen LogP contribution in [0.25, 0.3) is 0 Å². The lowest BCUT2D eigenvalue weighted by Gasteiger charge is -2.38. The zero-order chi connectivity index (χ0) is 19.1. The van der Waals surface area contributed by atoms with Crippen molar-refractivity contribution in [1.82, 2.24) is 4.90 Å². The number of carbonyl (C=O) groups excluding carboxylic acids is 2. The number of nitrogens with zero attached hydrogens (tertiary/aromatic N) is 1. The molecule has 2 aliphatic rings. The van der Waals surface area contributed by atoms with Gasteiger partial charge in [-0.15, -0.1) is 0 Å². The first kappa shape index (κ1) is 17.6. The Morgan fingerprint density at radius 1 is 1.07 bits per heavy atom. The van der Waals surface area contributed by atoms with E-state index in [1.807, 2.05) is 48.5 Å². The molecule has 0 spiro atoms. The second kappa shape index (κ2) is 6.41. The van der Waals surface area contributed by atoms with Gasteiger partial charge in [0.05, 0.1) is 7.11 Å². The Balaban J connectivity index is 1.65. The molecular weight excluding hydrogens is 342 g/mol. The summed E-state index contributed by atoms with van der Waals surface area (Å²) in [6.07, 6.45) is 0.525. The van der Waals surface area contributed by atoms with Gasteiger partial charge in [0.15, 0.2) is 0 Å². The van der Waals surface area contributed by atoms with Crippen molar-refractivity contribution in [2.45, 2.75) is 37.3 Å². The van der Waals surface area contributed by atoms with E-state index in [1.165, 1.54) is 12.7 Å². The van der Waals surface area contributed by atoms with Crippen molar-refractivity contribution in [3.05, 3.63) is 71.3 Å². The standard InChI is InChI=1S/C22H23NO4/c1-21-14-22(19(24)26-2,12-17-10-6-7-11-18(17)21)23(15-21)20(25)27-13-16-8-4-3-5-9-16/h3-11H,12-15H2,1-2H3/t21-,22+/m0/s1. The van der Waals surface area contributed by atoms with Crippen LogP contribution in [0.2, 0.25) is 0 Å². The number of likely N-dealkylation sites (tertiary alicyclic amines) is 1. The van der Waals surface area contributed by atoms with Gasteiger partial charge in [0.2, 0.25) is 0 Å². The summed E-state index contributed by atoms with van der Waals surface area (Å²) >= 11 is 0. The highest BCUT2D eigenvalue weighted by Crippen LogP contribution is 2.51. The molecule has 1 heterocycles. The van der Waals surface area contributed by atoms with Crippen molar-refractivity contribution in [2.24, 2.45) is 0 Å². The van der Waals surface area contributed by atoms with Crippen molar-refractivity contribution >= 4 is 12.1 Å². The molecule has 1 amide bonds. The van der Waals surface area contributed by atoms with E-state index in [1.54, 1.807) is 4.90 Å². The van der Waals surface area contributed by atoms with Gasteiger partial charge in [0.1, 0.15) is 12.1 Å². The fourth-order valence-corrected chi connectivity index (χ4v) is 4.69. The minimum atomic E-state index is -1.01. The molecule has 0 N–H and O–H groups in total. The minimum Gasteiger partial charge on any atom is -0.467 e. The Hall–Kier alpha value is -2.82. The van der Waals surface area contributed by atoms with Gasteiger partial charge in [-0.25, -0.2) is 9.59 Å². The third-order valence-corrected chi connectivity index (χ3v) is 5.85. The number of hydrogen-bond donors (Lipinski definition) is 0. The molecule has 1 fully saturated rings. The third kappa shape index (κ3) is 2.78. The number of ether oxygens (including phenoxy) is 2. The van der Waals surface area contributed by atoms with Crippen LogP contribution in [0.5, 0.6) is 0 Å². The predicted molar refractivity (Wildman–Crippen MR) is 100 cm³/mol. The SMILES string of the molecule is COC(=O)[C@]12Cc3ccccc3[C@](C)(CN1C(=O)OCc1ccccc1)C2. The minimum absolute atomic E-state index is 0.178. The Kier molecular flexibility index (Phi) is 4.17. The van der Waals surface area contributed by atoms with Gasteiger partial charge in [-0.2, -0.15) is 0 Å². The lowest BCUT2D eigenvalue weighted by atomic mass is 9.68. The number of fused-ring (bicyclic) bond motifs is 4. The van der Waals surface area contributed by atoms with Gasteiger partial charge < -0.3 is 9.47 Å². The molecule has 1 saturated heterocycles. The second-order valence-electron chi connectivity index (χ2n) is 7.72. The Labute approximate surface area is 158 Å². The van der Waals surface area contributed by atoms with Crippen LogP contribution in [0.4, 0.5) is 4.79 Å². The molecule has 5 heteroatoms. The molecule has 0 radical (unpaired) electrons. The average molecular weight is 365 g/mol. The van der Waals surface area contributed by atoms with Crippen LogP contribution >= 0.6 is 0 Å². The first-order chi connectivity index (χ1) is 13.0. The van der Waals surface area contributed by atoms with Gasteiger partial charge in [0.25, 0.3) is 0 Å². The molecule has 5 nitrogen and oxygen atoms in total. The summed E-state index contributed by atoms with van der Waals surface area (Å²) in [5.74, 6) is -0.377. The van der Waals surface area contributed by atoms with Gasteiger partial charge in [0, 0.05) is 18.4 Å². The van der Waals surface area contributed by atoms with Crippen LogP contribution in [-0.2, 0) is 32.7 Å². The molecule has 4 rings (SSSR count). The van der Waals surface area contributed by atoms with E-state index in [4.69, 9.17) is 9.47 Å². The number of amides is 1. The summed E-state index contributed by atoms with van der Waals surface area (Å²) in [7, 11) is 1.38. The van der Waals surface area contributed by atoms with Crippen LogP contribution < -0.4 is 0 Å². The van der Waals surface area contributed by atoms with E-state index in [2.05, 4.69) is 13.0 Å². The van der Waals surface area contributed by atoms with Crippen molar-refractivity contribution in [1.29, 1.82) is 0 Å². The lowest BCUT2D eigenvalue weighted by Crippen LogP contribution is -2.55. The quantitative estimate of drug-likeness (QED) is 0.782. The summed E-state index contributed by atoms with van der Waals surface area (Å²) in [5, 5.41) is 0. The van der Waals surface area contributed by atoms with Gasteiger partial charge in [-0.05, 0) is 23.1 Å². The molecule has 2 atom stereocenters. The maximum atomic E-state index is 13.0. The Morgan fingerprint density at radius 2 is 1.78 bits per heavy atom. The summed E-state index contributed by atoms with van der Waals surface area (Å²) < 4.78 is 10.7. The lowest BCUT2D eigenvalue weighted by molar-refractivity contribution is -0.153. The zero-order valence-electron chi connectivity index (χ0n) is 15.6. The first-order valence-corrected chi connectivity index (χ1v) is 9.14. The summed E-state index contributed by atoms with van der Waals surface area (Å²) in [6, 6.07) is 17.6. The fraction of sp³-hybridized carbons (Fsp3) is 0.364. The fourth-order valence-electron chi connectivity index (χ4n) is 4.69. The van der Waals surface area contributed by atoms with Crippen molar-refractivity contribution in [3.8, 4) is 0 Å². The van der Waals surface area contributed by atoms with Crippen molar-refractivity contribution in [2.75, 3.05) is 13.7 Å². The number of methoxy groups -OCH3 is 1. The highest BCUT2D eigenvalue weighted by Gasteiger charge is 2.62. The second-order valence-corrected chi connectivity index (χ2v) is 7.72. The molecule has 2 aromatic carbocycles. The van der Waals surface area contributed by atoms with Crippen LogP contribution in [0.1, 0.15) is 30.0 Å². The van der Waals surface area contributed by atoms with Crippen molar-refractivity contribution < 1.29 is 19.1 Å². The molecule has 1 aliphatic heterocycles. The normalized spacial score (nSPS) is 25.6. The molecule has 1 aliphatic carbocycles. The van der Waals surface area contributed by atoms with Crippen LogP contribution in [0, 0.1) is 0 Å². The highest BCUT2D eigenvalue weighted by molar-refractivity contribution is 5.88. The molecule has 27 heavy (non-hydrogen) atoms. The maximum Gasteiger partial charge on any atom is 0.411 e. The van der Waals surface area contributed by atoms with Crippen molar-refractivity contribution in [3.63, 3.8) is 0 Å². The van der Waals surface area contributed by atoms with Crippen LogP contribution in [-0.4, -0.2) is 36.2 Å². The van der Waals surface area contributed by atoms with E-state index in [0.29, 0.717) is 19.4 Å². The van der Waals surface area contributed by atoms with E-state index >= 15 is 0 Å². The zero-order valence-corrected chi connectivity index (χ0v) is 15.6. The largest absolute Gasteiger partial charge is 0.467 e. The highest BCUT2D eigenvalue weighted by atomic mass is 16.6. The monoisotopic (exact) mass is 365 g/mol. The molecule has 2 aromatic rings. The summed E-state index contributed by atoms with van der Waals surface area (Å²) in [6.45, 7) is 2.72. The molecule has 0 unspecified atom stereocenters. The van der Waals surface area contributed by atoms with Gasteiger partial charge >= 0.3 is 12.1 Å². The molecule has 0 saturated carbocycles. The third-order valence-electron chi connectivity index (χ3n) is 5.85. The number of benzene rings is 2. The molecular formula is C22H23NO4. The predicted octanol–water partition coefficient (Wildman–Crippen LogP) is 3.45. The molecule has 2 bridgehead atoms. The first-order valence-electron chi connectivity index (χ1n) is 9.14. The van der Waals surface area contributed by atoms with E-state index in [9.17, 15) is 9.59 Å².